The van der Waals surface area contributed by atoms with Crippen LogP contribution in [-0.4, -0.2) is 73.4 Å². The molecule has 3 rings (SSSR count). The van der Waals surface area contributed by atoms with Gasteiger partial charge in [-0.2, -0.15) is 13.2 Å². The molecule has 0 unspecified atom stereocenters. The number of carbonyl (C=O) groups is 3. The summed E-state index contributed by atoms with van der Waals surface area (Å²) in [5.74, 6) is -0.453. The summed E-state index contributed by atoms with van der Waals surface area (Å²) in [5.41, 5.74) is -0.386. The van der Waals surface area contributed by atoms with Crippen molar-refractivity contribution >= 4 is 23.4 Å². The predicted octanol–water partition coefficient (Wildman–Crippen LogP) is 2.62. The molecule has 3 amide bonds. The number of hydrogen-bond donors (Lipinski definition) is 2. The second kappa shape index (κ2) is 11.7. The second-order valence-electron chi connectivity index (χ2n) is 7.96. The topological polar surface area (TPSA) is 91.0 Å². The van der Waals surface area contributed by atoms with E-state index in [4.69, 9.17) is 4.74 Å². The third-order valence-corrected chi connectivity index (χ3v) is 5.35. The van der Waals surface area contributed by atoms with Gasteiger partial charge in [0.15, 0.2) is 6.61 Å². The van der Waals surface area contributed by atoms with Crippen LogP contribution in [0.25, 0.3) is 0 Å². The minimum Gasteiger partial charge on any atom is -0.484 e. The van der Waals surface area contributed by atoms with E-state index in [2.05, 4.69) is 10.6 Å². The van der Waals surface area contributed by atoms with Crippen LogP contribution < -0.4 is 15.4 Å². The molecule has 0 radical (unpaired) electrons. The zero-order valence-electron chi connectivity index (χ0n) is 19.2. The van der Waals surface area contributed by atoms with E-state index >= 15 is 0 Å². The molecule has 0 aromatic heterocycles. The second-order valence-corrected chi connectivity index (χ2v) is 7.96. The van der Waals surface area contributed by atoms with Crippen LogP contribution in [0.1, 0.15) is 22.8 Å². The number of amides is 3. The van der Waals surface area contributed by atoms with E-state index in [1.807, 2.05) is 11.8 Å². The molecule has 1 heterocycles. The fourth-order valence-corrected chi connectivity index (χ4v) is 3.56. The van der Waals surface area contributed by atoms with E-state index in [9.17, 15) is 27.6 Å². The van der Waals surface area contributed by atoms with E-state index in [-0.39, 0.29) is 17.5 Å². The lowest BCUT2D eigenvalue weighted by molar-refractivity contribution is -0.137. The first kappa shape index (κ1) is 26.0. The van der Waals surface area contributed by atoms with Crippen LogP contribution in [0.2, 0.25) is 0 Å². The van der Waals surface area contributed by atoms with Gasteiger partial charge in [-0.05, 0) is 49.4 Å². The SMILES string of the molecule is CCNC(=O)CN1CCN(C(=O)c2ccc(OCC(=O)Nc3cccc(C(F)(F)F)c3)cc2)CC1. The third kappa shape index (κ3) is 7.71. The summed E-state index contributed by atoms with van der Waals surface area (Å²) in [6.07, 6.45) is -4.50. The van der Waals surface area contributed by atoms with Crippen molar-refractivity contribution in [1.82, 2.24) is 15.1 Å². The molecule has 0 atom stereocenters. The van der Waals surface area contributed by atoms with Gasteiger partial charge in [0.25, 0.3) is 11.8 Å². The maximum Gasteiger partial charge on any atom is 0.416 e. The molecule has 11 heteroatoms. The van der Waals surface area contributed by atoms with Crippen LogP contribution in [-0.2, 0) is 15.8 Å². The number of alkyl halides is 3. The highest BCUT2D eigenvalue weighted by Crippen LogP contribution is 2.30. The van der Waals surface area contributed by atoms with Crippen molar-refractivity contribution in [2.75, 3.05) is 51.2 Å². The van der Waals surface area contributed by atoms with Crippen LogP contribution in [0.4, 0.5) is 18.9 Å². The Morgan fingerprint density at radius 2 is 1.66 bits per heavy atom. The Bertz CT molecular complexity index is 1040. The maximum atomic E-state index is 12.8. The van der Waals surface area contributed by atoms with Gasteiger partial charge in [-0.1, -0.05) is 6.07 Å². The molecule has 1 saturated heterocycles. The number of rotatable bonds is 8. The minimum absolute atomic E-state index is 0.0143. The van der Waals surface area contributed by atoms with Gasteiger partial charge in [-0.3, -0.25) is 19.3 Å². The van der Waals surface area contributed by atoms with Gasteiger partial charge in [0.1, 0.15) is 5.75 Å². The fourth-order valence-electron chi connectivity index (χ4n) is 3.56. The van der Waals surface area contributed by atoms with E-state index < -0.39 is 24.3 Å². The van der Waals surface area contributed by atoms with Gasteiger partial charge in [0.2, 0.25) is 5.91 Å². The van der Waals surface area contributed by atoms with Crippen LogP contribution >= 0.6 is 0 Å². The van der Waals surface area contributed by atoms with Crippen LogP contribution in [0.5, 0.6) is 5.75 Å². The molecular weight excluding hydrogens is 465 g/mol. The summed E-state index contributed by atoms with van der Waals surface area (Å²) in [7, 11) is 0. The van der Waals surface area contributed by atoms with Crippen molar-refractivity contribution in [3.8, 4) is 5.75 Å². The number of ether oxygens (including phenoxy) is 1. The van der Waals surface area contributed by atoms with Gasteiger partial charge in [0, 0.05) is 44.0 Å². The Morgan fingerprint density at radius 1 is 0.971 bits per heavy atom. The Kier molecular flexibility index (Phi) is 8.69. The number of piperazine rings is 1. The lowest BCUT2D eigenvalue weighted by atomic mass is 10.1. The number of nitrogens with one attached hydrogen (secondary N) is 2. The standard InChI is InChI=1S/C24H27F3N4O4/c1-2-28-21(32)15-30-10-12-31(13-11-30)23(34)17-6-8-20(9-7-17)35-16-22(33)29-19-5-3-4-18(14-19)24(25,26)27/h3-9,14H,2,10-13,15-16H2,1H3,(H,28,32)(H,29,33). The van der Waals surface area contributed by atoms with Crippen LogP contribution in [0.3, 0.4) is 0 Å². The molecule has 0 saturated carbocycles. The number of nitrogens with zero attached hydrogens (tertiary/aromatic N) is 2. The van der Waals surface area contributed by atoms with Crippen molar-refractivity contribution in [3.05, 3.63) is 59.7 Å². The summed E-state index contributed by atoms with van der Waals surface area (Å²) in [4.78, 5) is 40.2. The molecule has 2 aromatic rings. The van der Waals surface area contributed by atoms with Gasteiger partial charge < -0.3 is 20.3 Å². The Labute approximate surface area is 201 Å². The molecule has 1 aliphatic heterocycles. The molecule has 0 spiro atoms. The van der Waals surface area contributed by atoms with Gasteiger partial charge in [-0.25, -0.2) is 0 Å². The van der Waals surface area contributed by atoms with Gasteiger partial charge in [-0.15, -0.1) is 0 Å². The van der Waals surface area contributed by atoms with E-state index in [0.717, 1.165) is 12.1 Å². The highest BCUT2D eigenvalue weighted by molar-refractivity contribution is 5.94. The molecule has 0 bridgehead atoms. The Balaban J connectivity index is 1.46. The first-order chi connectivity index (χ1) is 16.7. The predicted molar refractivity (Wildman–Crippen MR) is 123 cm³/mol. The number of halogens is 3. The van der Waals surface area contributed by atoms with Crippen molar-refractivity contribution in [1.29, 1.82) is 0 Å². The Morgan fingerprint density at radius 3 is 2.29 bits per heavy atom. The average molecular weight is 492 g/mol. The van der Waals surface area contributed by atoms with E-state index in [1.165, 1.54) is 12.1 Å². The molecule has 2 aromatic carbocycles. The molecule has 188 valence electrons. The highest BCUT2D eigenvalue weighted by Gasteiger charge is 2.30. The number of carbonyl (C=O) groups excluding carboxylic acids is 3. The summed E-state index contributed by atoms with van der Waals surface area (Å²) >= 11 is 0. The van der Waals surface area contributed by atoms with Crippen molar-refractivity contribution in [2.45, 2.75) is 13.1 Å². The highest BCUT2D eigenvalue weighted by atomic mass is 19.4. The lowest BCUT2D eigenvalue weighted by Crippen LogP contribution is -2.51. The monoisotopic (exact) mass is 492 g/mol. The largest absolute Gasteiger partial charge is 0.484 e. The fraction of sp³-hybridized carbons (Fsp3) is 0.375. The summed E-state index contributed by atoms with van der Waals surface area (Å²) in [6.45, 7) is 4.56. The molecular formula is C24H27F3N4O4. The van der Waals surface area contributed by atoms with Crippen LogP contribution in [0.15, 0.2) is 48.5 Å². The van der Waals surface area contributed by atoms with Crippen LogP contribution in [0, 0.1) is 0 Å². The molecule has 0 aliphatic carbocycles. The van der Waals surface area contributed by atoms with Crippen molar-refractivity contribution < 1.29 is 32.3 Å². The molecule has 8 nitrogen and oxygen atoms in total. The maximum absolute atomic E-state index is 12.8. The summed E-state index contributed by atoms with van der Waals surface area (Å²) in [5, 5.41) is 5.12. The normalized spacial score (nSPS) is 14.3. The number of likely N-dealkylation sites (N-methyl/N-ethyl adjacent to an activating group) is 1. The quantitative estimate of drug-likeness (QED) is 0.591. The smallest absolute Gasteiger partial charge is 0.416 e. The summed E-state index contributed by atoms with van der Waals surface area (Å²) in [6, 6.07) is 10.6. The molecule has 2 N–H and O–H groups in total. The molecule has 1 fully saturated rings. The van der Waals surface area contributed by atoms with E-state index in [1.54, 1.807) is 29.2 Å². The number of benzene rings is 2. The van der Waals surface area contributed by atoms with Crippen molar-refractivity contribution in [3.63, 3.8) is 0 Å². The zero-order valence-corrected chi connectivity index (χ0v) is 19.2. The van der Waals surface area contributed by atoms with Gasteiger partial charge in [0.05, 0.1) is 12.1 Å². The van der Waals surface area contributed by atoms with Crippen molar-refractivity contribution in [2.24, 2.45) is 0 Å². The number of hydrogen-bond acceptors (Lipinski definition) is 5. The first-order valence-electron chi connectivity index (χ1n) is 11.1. The zero-order chi connectivity index (χ0) is 25.4. The first-order valence-corrected chi connectivity index (χ1v) is 11.1. The number of anilines is 1. The lowest BCUT2D eigenvalue weighted by Gasteiger charge is -2.34. The molecule has 1 aliphatic rings. The minimum atomic E-state index is -4.50. The molecule has 35 heavy (non-hydrogen) atoms. The summed E-state index contributed by atoms with van der Waals surface area (Å²) < 4.78 is 43.8. The Hall–Kier alpha value is -3.60. The van der Waals surface area contributed by atoms with E-state index in [0.29, 0.717) is 50.6 Å². The van der Waals surface area contributed by atoms with Gasteiger partial charge >= 0.3 is 6.18 Å². The third-order valence-electron chi connectivity index (χ3n) is 5.35. The average Bonchev–Trinajstić information content (AvgIpc) is 2.83.